The molecule has 0 aromatic heterocycles. The van der Waals surface area contributed by atoms with E-state index in [1.165, 1.54) is 64.5 Å². The molecule has 2 aliphatic carbocycles. The van der Waals surface area contributed by atoms with Crippen LogP contribution in [0.2, 0.25) is 0 Å². The summed E-state index contributed by atoms with van der Waals surface area (Å²) in [6.45, 7) is 8.31. The molecule has 1 saturated heterocycles. The van der Waals surface area contributed by atoms with Gasteiger partial charge in [0, 0.05) is 18.6 Å². The molecule has 2 unspecified atom stereocenters. The summed E-state index contributed by atoms with van der Waals surface area (Å²) in [6.07, 6.45) is 11.4. The van der Waals surface area contributed by atoms with E-state index in [1.807, 2.05) is 0 Å². The lowest BCUT2D eigenvalue weighted by molar-refractivity contribution is -0.0189. The van der Waals surface area contributed by atoms with Crippen LogP contribution in [0, 0.1) is 17.3 Å². The van der Waals surface area contributed by atoms with E-state index in [-0.39, 0.29) is 0 Å². The molecule has 2 heteroatoms. The Morgan fingerprint density at radius 3 is 2.47 bits per heavy atom. The van der Waals surface area contributed by atoms with Crippen LogP contribution in [0.25, 0.3) is 0 Å². The maximum atomic E-state index is 6.30. The third-order valence-corrected chi connectivity index (χ3v) is 6.10. The molecule has 19 heavy (non-hydrogen) atoms. The number of nitrogens with two attached hydrogens (primary N) is 1. The fourth-order valence-corrected chi connectivity index (χ4v) is 4.79. The van der Waals surface area contributed by atoms with Crippen molar-refractivity contribution in [2.75, 3.05) is 19.6 Å². The molecule has 0 amide bonds. The lowest BCUT2D eigenvalue weighted by atomic mass is 9.71. The molecule has 0 aromatic rings. The average molecular weight is 264 g/mol. The molecule has 3 aliphatic rings. The summed E-state index contributed by atoms with van der Waals surface area (Å²) < 4.78 is 0. The average Bonchev–Trinajstić information content (AvgIpc) is 3.22. The van der Waals surface area contributed by atoms with Crippen molar-refractivity contribution in [3.05, 3.63) is 0 Å². The number of hydrogen-bond donors (Lipinski definition) is 1. The van der Waals surface area contributed by atoms with Crippen molar-refractivity contribution in [3.8, 4) is 0 Å². The molecule has 2 atom stereocenters. The molecule has 1 aliphatic heterocycles. The van der Waals surface area contributed by atoms with Crippen LogP contribution in [0.1, 0.15) is 65.2 Å². The van der Waals surface area contributed by atoms with Gasteiger partial charge < -0.3 is 5.73 Å². The SMILES string of the molecule is CC1(C)CCCN(C2(CN)CCCC(C3CC3)C2)C1. The van der Waals surface area contributed by atoms with Gasteiger partial charge in [0.1, 0.15) is 0 Å². The first kappa shape index (κ1) is 13.9. The normalized spacial score (nSPS) is 40.3. The molecule has 1 heterocycles. The highest BCUT2D eigenvalue weighted by molar-refractivity contribution is 5.01. The second-order valence-corrected chi connectivity index (χ2v) is 8.31. The Morgan fingerprint density at radius 2 is 1.84 bits per heavy atom. The van der Waals surface area contributed by atoms with Crippen molar-refractivity contribution in [2.24, 2.45) is 23.0 Å². The Morgan fingerprint density at radius 1 is 1.05 bits per heavy atom. The zero-order chi connectivity index (χ0) is 13.5. The summed E-state index contributed by atoms with van der Waals surface area (Å²) in [5.74, 6) is 2.05. The van der Waals surface area contributed by atoms with E-state index in [1.54, 1.807) is 0 Å². The smallest absolute Gasteiger partial charge is 0.0334 e. The molecular formula is C17H32N2. The Labute approximate surface area is 119 Å². The van der Waals surface area contributed by atoms with Crippen LogP contribution in [-0.4, -0.2) is 30.1 Å². The highest BCUT2D eigenvalue weighted by atomic mass is 15.2. The zero-order valence-electron chi connectivity index (χ0n) is 13.0. The molecule has 2 nitrogen and oxygen atoms in total. The van der Waals surface area contributed by atoms with E-state index < -0.39 is 0 Å². The van der Waals surface area contributed by atoms with Crippen molar-refractivity contribution in [2.45, 2.75) is 70.8 Å². The third-order valence-electron chi connectivity index (χ3n) is 6.10. The second kappa shape index (κ2) is 5.04. The minimum absolute atomic E-state index is 0.350. The van der Waals surface area contributed by atoms with Crippen molar-refractivity contribution in [1.29, 1.82) is 0 Å². The Balaban J connectivity index is 1.73. The van der Waals surface area contributed by atoms with Crippen LogP contribution in [0.5, 0.6) is 0 Å². The van der Waals surface area contributed by atoms with Gasteiger partial charge in [-0.2, -0.15) is 0 Å². The van der Waals surface area contributed by atoms with Gasteiger partial charge in [0.15, 0.2) is 0 Å². The van der Waals surface area contributed by atoms with E-state index in [0.29, 0.717) is 11.0 Å². The molecule has 2 N–H and O–H groups in total. The summed E-state index contributed by atoms with van der Waals surface area (Å²) >= 11 is 0. The fourth-order valence-electron chi connectivity index (χ4n) is 4.79. The molecule has 0 bridgehead atoms. The summed E-state index contributed by atoms with van der Waals surface area (Å²) in [4.78, 5) is 2.80. The van der Waals surface area contributed by atoms with E-state index in [0.717, 1.165) is 18.4 Å². The van der Waals surface area contributed by atoms with Gasteiger partial charge in [-0.1, -0.05) is 26.7 Å². The quantitative estimate of drug-likeness (QED) is 0.846. The van der Waals surface area contributed by atoms with E-state index in [9.17, 15) is 0 Å². The van der Waals surface area contributed by atoms with Crippen LogP contribution in [0.4, 0.5) is 0 Å². The van der Waals surface area contributed by atoms with Crippen LogP contribution in [-0.2, 0) is 0 Å². The summed E-state index contributed by atoms with van der Waals surface area (Å²) in [5.41, 5.74) is 7.14. The molecule has 110 valence electrons. The first-order valence-corrected chi connectivity index (χ1v) is 8.50. The standard InChI is InChI=1S/C17H32N2/c1-16(2)8-4-10-19(13-16)17(12-18)9-3-5-15(11-17)14-6-7-14/h14-15H,3-13,18H2,1-2H3. The second-order valence-electron chi connectivity index (χ2n) is 8.31. The van der Waals surface area contributed by atoms with Gasteiger partial charge in [-0.3, -0.25) is 4.90 Å². The van der Waals surface area contributed by atoms with Gasteiger partial charge in [-0.05, 0) is 62.3 Å². The van der Waals surface area contributed by atoms with Crippen LogP contribution >= 0.6 is 0 Å². The number of nitrogens with zero attached hydrogens (tertiary/aromatic N) is 1. The van der Waals surface area contributed by atoms with Crippen LogP contribution in [0.15, 0.2) is 0 Å². The van der Waals surface area contributed by atoms with Crippen LogP contribution < -0.4 is 5.73 Å². The number of piperidine rings is 1. The van der Waals surface area contributed by atoms with Gasteiger partial charge in [0.2, 0.25) is 0 Å². The molecular weight excluding hydrogens is 232 g/mol. The molecule has 3 fully saturated rings. The predicted octanol–water partition coefficient (Wildman–Crippen LogP) is 3.41. The Kier molecular flexibility index (Phi) is 3.68. The van der Waals surface area contributed by atoms with Gasteiger partial charge >= 0.3 is 0 Å². The van der Waals surface area contributed by atoms with Crippen LogP contribution in [0.3, 0.4) is 0 Å². The van der Waals surface area contributed by atoms with E-state index >= 15 is 0 Å². The number of likely N-dealkylation sites (tertiary alicyclic amines) is 1. The topological polar surface area (TPSA) is 29.3 Å². The Bertz CT molecular complexity index is 321. The van der Waals surface area contributed by atoms with Gasteiger partial charge in [-0.15, -0.1) is 0 Å². The first-order chi connectivity index (χ1) is 9.05. The van der Waals surface area contributed by atoms with Gasteiger partial charge in [0.25, 0.3) is 0 Å². The van der Waals surface area contributed by atoms with Crippen molar-refractivity contribution >= 4 is 0 Å². The lowest BCUT2D eigenvalue weighted by Crippen LogP contribution is -2.60. The van der Waals surface area contributed by atoms with E-state index in [2.05, 4.69) is 18.7 Å². The molecule has 3 rings (SSSR count). The van der Waals surface area contributed by atoms with Crippen molar-refractivity contribution < 1.29 is 0 Å². The third kappa shape index (κ3) is 2.85. The monoisotopic (exact) mass is 264 g/mol. The maximum absolute atomic E-state index is 6.30. The first-order valence-electron chi connectivity index (χ1n) is 8.50. The summed E-state index contributed by atoms with van der Waals surface area (Å²) in [7, 11) is 0. The molecule has 0 radical (unpaired) electrons. The van der Waals surface area contributed by atoms with Crippen molar-refractivity contribution in [1.82, 2.24) is 4.90 Å². The van der Waals surface area contributed by atoms with Crippen molar-refractivity contribution in [3.63, 3.8) is 0 Å². The molecule has 0 spiro atoms. The van der Waals surface area contributed by atoms with Gasteiger partial charge in [-0.25, -0.2) is 0 Å². The summed E-state index contributed by atoms with van der Waals surface area (Å²) in [5, 5.41) is 0. The minimum Gasteiger partial charge on any atom is -0.329 e. The molecule has 2 saturated carbocycles. The summed E-state index contributed by atoms with van der Waals surface area (Å²) in [6, 6.07) is 0. The van der Waals surface area contributed by atoms with E-state index in [4.69, 9.17) is 5.73 Å². The fraction of sp³-hybridized carbons (Fsp3) is 1.00. The number of hydrogen-bond acceptors (Lipinski definition) is 2. The van der Waals surface area contributed by atoms with Gasteiger partial charge in [0.05, 0.1) is 0 Å². The lowest BCUT2D eigenvalue weighted by Gasteiger charge is -2.53. The minimum atomic E-state index is 0.350. The highest BCUT2D eigenvalue weighted by Gasteiger charge is 2.46. The maximum Gasteiger partial charge on any atom is 0.0334 e. The largest absolute Gasteiger partial charge is 0.329 e. The zero-order valence-corrected chi connectivity index (χ0v) is 13.0. The predicted molar refractivity (Wildman–Crippen MR) is 81.1 cm³/mol. The molecule has 0 aromatic carbocycles. The number of rotatable bonds is 3. The highest BCUT2D eigenvalue weighted by Crippen LogP contribution is 2.49. The Hall–Kier alpha value is -0.0800.